The van der Waals surface area contributed by atoms with Crippen molar-refractivity contribution in [3.8, 4) is 74.1 Å². The van der Waals surface area contributed by atoms with Crippen LogP contribution in [0.25, 0.3) is 112 Å². The number of benzene rings is 6. The SMILES string of the molecule is Cc1cccc(C(F)(F)F)c1-c1cc(-n2c3ccc(-c4ncccn4)cc3c3cc(-c4ncccn4)ccc32)c(C#N)c(-n2c3ccc(-c4ncccn4)cc3c3cc(-c4ncccn4)ccc32)c1. The third-order valence-electron chi connectivity index (χ3n) is 12.4. The minimum Gasteiger partial charge on any atom is -0.308 e. The summed E-state index contributed by atoms with van der Waals surface area (Å²) in [5.74, 6) is 2.05. The maximum absolute atomic E-state index is 15.2. The van der Waals surface area contributed by atoms with E-state index in [0.717, 1.165) is 49.9 Å². The summed E-state index contributed by atoms with van der Waals surface area (Å²) in [6, 6.07) is 40.4. The standard InChI is InChI=1S/C55H32F3N11/c1-32-7-2-8-43(55(56,57)58)50(32)37-29-48(68-44-13-9-33(51-60-17-3-18-61-51)25-38(44)39-26-34(10-14-45(39)68)52-62-19-4-20-63-52)42(31-59)49(30-37)69-46-15-11-35(53-64-21-5-22-65-53)27-40(46)41-28-36(12-16-47(41)69)54-66-23-6-24-67-54/h2-30H,1H3. The zero-order valence-electron chi connectivity index (χ0n) is 36.3. The van der Waals surface area contributed by atoms with Gasteiger partial charge in [-0.25, -0.2) is 39.9 Å². The van der Waals surface area contributed by atoms with Crippen LogP contribution in [-0.4, -0.2) is 49.0 Å². The molecule has 0 N–H and O–H groups in total. The Bertz CT molecular complexity index is 3600. The molecule has 0 aliphatic rings. The summed E-state index contributed by atoms with van der Waals surface area (Å²) in [6.07, 6.45) is 8.70. The van der Waals surface area contributed by atoms with E-state index in [9.17, 15) is 5.26 Å². The van der Waals surface area contributed by atoms with Gasteiger partial charge in [0.2, 0.25) is 0 Å². The van der Waals surface area contributed by atoms with E-state index in [-0.39, 0.29) is 16.7 Å². The minimum absolute atomic E-state index is 0.00225. The van der Waals surface area contributed by atoms with Crippen LogP contribution >= 0.6 is 0 Å². The molecule has 0 saturated heterocycles. The number of nitrogens with zero attached hydrogens (tertiary/aromatic N) is 11. The Kier molecular flexibility index (Phi) is 9.59. The van der Waals surface area contributed by atoms with Gasteiger partial charge in [0.05, 0.1) is 39.0 Å². The van der Waals surface area contributed by atoms with Crippen molar-refractivity contribution in [3.05, 3.63) is 194 Å². The van der Waals surface area contributed by atoms with E-state index in [1.165, 1.54) is 6.07 Å². The van der Waals surface area contributed by atoms with E-state index in [1.807, 2.05) is 81.9 Å². The van der Waals surface area contributed by atoms with Gasteiger partial charge in [0.1, 0.15) is 11.6 Å². The van der Waals surface area contributed by atoms with Gasteiger partial charge >= 0.3 is 6.18 Å². The van der Waals surface area contributed by atoms with Gasteiger partial charge in [-0.1, -0.05) is 12.1 Å². The van der Waals surface area contributed by atoms with Crippen molar-refractivity contribution in [2.45, 2.75) is 13.1 Å². The highest BCUT2D eigenvalue weighted by Gasteiger charge is 2.35. The van der Waals surface area contributed by atoms with Crippen molar-refractivity contribution in [1.82, 2.24) is 49.0 Å². The second-order valence-corrected chi connectivity index (χ2v) is 16.4. The number of aromatic nitrogens is 10. The first kappa shape index (κ1) is 41.0. The van der Waals surface area contributed by atoms with Gasteiger partial charge < -0.3 is 9.13 Å². The molecule has 0 bridgehead atoms. The van der Waals surface area contributed by atoms with Crippen molar-refractivity contribution < 1.29 is 13.2 Å². The van der Waals surface area contributed by atoms with Crippen molar-refractivity contribution in [2.75, 3.05) is 0 Å². The Labute approximate surface area is 390 Å². The first-order valence-electron chi connectivity index (χ1n) is 21.8. The largest absolute Gasteiger partial charge is 0.417 e. The van der Waals surface area contributed by atoms with Crippen LogP contribution < -0.4 is 0 Å². The van der Waals surface area contributed by atoms with Crippen molar-refractivity contribution >= 4 is 43.6 Å². The molecule has 0 fully saturated rings. The lowest BCUT2D eigenvalue weighted by molar-refractivity contribution is -0.137. The molecule has 0 saturated carbocycles. The van der Waals surface area contributed by atoms with E-state index in [0.29, 0.717) is 62.3 Å². The molecule has 0 radical (unpaired) electrons. The smallest absolute Gasteiger partial charge is 0.308 e. The molecule has 0 atom stereocenters. The van der Waals surface area contributed by atoms with Crippen LogP contribution in [0.1, 0.15) is 16.7 Å². The predicted octanol–water partition coefficient (Wildman–Crippen LogP) is 12.6. The fourth-order valence-corrected chi connectivity index (χ4v) is 9.43. The monoisotopic (exact) mass is 903 g/mol. The number of rotatable bonds is 7. The molecule has 0 spiro atoms. The molecule has 12 aromatic rings. The van der Waals surface area contributed by atoms with Crippen LogP contribution in [0.15, 0.2) is 177 Å². The zero-order valence-corrected chi connectivity index (χ0v) is 36.3. The number of hydrogen-bond acceptors (Lipinski definition) is 9. The molecule has 0 aliphatic heterocycles. The molecular weight excluding hydrogens is 872 g/mol. The van der Waals surface area contributed by atoms with Gasteiger partial charge in [-0.2, -0.15) is 18.4 Å². The summed E-state index contributed by atoms with van der Waals surface area (Å²) in [5.41, 5.74) is 6.60. The van der Waals surface area contributed by atoms with Crippen LogP contribution in [0.3, 0.4) is 0 Å². The molecule has 0 amide bonds. The lowest BCUT2D eigenvalue weighted by atomic mass is 9.92. The number of nitriles is 1. The summed E-state index contributed by atoms with van der Waals surface area (Å²) >= 11 is 0. The third-order valence-corrected chi connectivity index (χ3v) is 12.4. The van der Waals surface area contributed by atoms with Gasteiger partial charge in [0.25, 0.3) is 0 Å². The van der Waals surface area contributed by atoms with Crippen LogP contribution in [0.4, 0.5) is 13.2 Å². The average Bonchev–Trinajstić information content (AvgIpc) is 3.90. The molecular formula is C55H32F3N11. The highest BCUT2D eigenvalue weighted by atomic mass is 19.4. The normalized spacial score (nSPS) is 11.8. The fourth-order valence-electron chi connectivity index (χ4n) is 9.43. The van der Waals surface area contributed by atoms with Crippen molar-refractivity contribution in [1.29, 1.82) is 5.26 Å². The molecule has 69 heavy (non-hydrogen) atoms. The molecule has 6 aromatic carbocycles. The highest BCUT2D eigenvalue weighted by Crippen LogP contribution is 2.45. The maximum Gasteiger partial charge on any atom is 0.417 e. The summed E-state index contributed by atoms with van der Waals surface area (Å²) < 4.78 is 49.7. The number of halogens is 3. The number of fused-ring (bicyclic) bond motifs is 6. The number of hydrogen-bond donors (Lipinski definition) is 0. The van der Waals surface area contributed by atoms with E-state index >= 15 is 13.2 Å². The number of aryl methyl sites for hydroxylation is 1. The molecule has 14 heteroatoms. The molecule has 0 unspecified atom stereocenters. The lowest BCUT2D eigenvalue weighted by Crippen LogP contribution is -2.10. The minimum atomic E-state index is -4.70. The van der Waals surface area contributed by atoms with Gasteiger partial charge in [-0.15, -0.1) is 0 Å². The first-order chi connectivity index (χ1) is 33.7. The van der Waals surface area contributed by atoms with E-state index in [1.54, 1.807) is 99.0 Å². The summed E-state index contributed by atoms with van der Waals surface area (Å²) in [7, 11) is 0. The van der Waals surface area contributed by atoms with Gasteiger partial charge in [-0.3, -0.25) is 0 Å². The molecule has 328 valence electrons. The second-order valence-electron chi connectivity index (χ2n) is 16.4. The lowest BCUT2D eigenvalue weighted by Gasteiger charge is -2.21. The van der Waals surface area contributed by atoms with Gasteiger partial charge in [0.15, 0.2) is 23.3 Å². The van der Waals surface area contributed by atoms with Gasteiger partial charge in [0, 0.05) is 93.4 Å². The van der Waals surface area contributed by atoms with Crippen LogP contribution in [0.2, 0.25) is 0 Å². The van der Waals surface area contributed by atoms with E-state index in [2.05, 4.69) is 45.9 Å². The fraction of sp³-hybridized carbons (Fsp3) is 0.0364. The Morgan fingerprint density at radius 1 is 0.420 bits per heavy atom. The molecule has 0 aliphatic carbocycles. The average molecular weight is 904 g/mol. The summed E-state index contributed by atoms with van der Waals surface area (Å²) in [6.45, 7) is 1.67. The second kappa shape index (κ2) is 16.1. The third kappa shape index (κ3) is 6.91. The maximum atomic E-state index is 15.2. The van der Waals surface area contributed by atoms with E-state index in [4.69, 9.17) is 0 Å². The quantitative estimate of drug-likeness (QED) is 0.153. The topological polar surface area (TPSA) is 137 Å². The van der Waals surface area contributed by atoms with Crippen molar-refractivity contribution in [2.24, 2.45) is 0 Å². The molecule has 12 rings (SSSR count). The van der Waals surface area contributed by atoms with Gasteiger partial charge in [-0.05, 0) is 139 Å². The molecule has 6 aromatic heterocycles. The molecule has 6 heterocycles. The van der Waals surface area contributed by atoms with Crippen LogP contribution in [0.5, 0.6) is 0 Å². The van der Waals surface area contributed by atoms with E-state index < -0.39 is 11.7 Å². The highest BCUT2D eigenvalue weighted by molar-refractivity contribution is 6.13. The Balaban J connectivity index is 1.21. The Hall–Kier alpha value is -9.48. The zero-order chi connectivity index (χ0) is 46.8. The molecule has 11 nitrogen and oxygen atoms in total. The van der Waals surface area contributed by atoms with Crippen LogP contribution in [0, 0.1) is 18.3 Å². The summed E-state index contributed by atoms with van der Waals surface area (Å²) in [4.78, 5) is 36.2. The first-order valence-corrected chi connectivity index (χ1v) is 21.8. The van der Waals surface area contributed by atoms with Crippen molar-refractivity contribution in [3.63, 3.8) is 0 Å². The Morgan fingerprint density at radius 2 is 0.754 bits per heavy atom. The predicted molar refractivity (Wildman–Crippen MR) is 259 cm³/mol. The number of alkyl halides is 3. The van der Waals surface area contributed by atoms with Crippen LogP contribution in [-0.2, 0) is 6.18 Å². The Morgan fingerprint density at radius 3 is 1.06 bits per heavy atom. The summed E-state index contributed by atoms with van der Waals surface area (Å²) in [5, 5.41) is 14.8.